The highest BCUT2D eigenvalue weighted by atomic mass is 15.0. The number of nitrogens with zero attached hydrogens (tertiary/aromatic N) is 2. The van der Waals surface area contributed by atoms with Gasteiger partial charge in [-0.1, -0.05) is 315 Å². The molecule has 3 aliphatic rings. The van der Waals surface area contributed by atoms with E-state index in [-0.39, 0.29) is 0 Å². The van der Waals surface area contributed by atoms with Crippen molar-refractivity contribution in [3.63, 3.8) is 0 Å². The van der Waals surface area contributed by atoms with E-state index in [0.717, 1.165) is 16.7 Å². The third-order valence-corrected chi connectivity index (χ3v) is 22.8. The molecule has 2 heterocycles. The maximum Gasteiger partial charge on any atom is 0.0725 e. The number of hydrogen-bond acceptors (Lipinski definition) is 0. The molecule has 0 saturated heterocycles. The van der Waals surface area contributed by atoms with Crippen molar-refractivity contribution in [1.29, 1.82) is 0 Å². The number of fused-ring (bicyclic) bond motifs is 19. The zero-order valence-electron chi connectivity index (χ0n) is 57.0. The fourth-order valence-corrected chi connectivity index (χ4v) is 18.2. The molecule has 0 radical (unpaired) electrons. The van der Waals surface area contributed by atoms with Gasteiger partial charge in [-0.25, -0.2) is 0 Å². The minimum atomic E-state index is -0.617. The van der Waals surface area contributed by atoms with E-state index < -0.39 is 10.8 Å². The summed E-state index contributed by atoms with van der Waals surface area (Å²) < 4.78 is 4.75. The molecule has 0 bridgehead atoms. The Bertz CT molecular complexity index is 6150. The lowest BCUT2D eigenvalue weighted by Gasteiger charge is -2.34. The summed E-state index contributed by atoms with van der Waals surface area (Å²) >= 11 is 0. The summed E-state index contributed by atoms with van der Waals surface area (Å²) in [6, 6.07) is 140. The lowest BCUT2D eigenvalue weighted by atomic mass is 9.67. The summed E-state index contributed by atoms with van der Waals surface area (Å²) in [5.41, 5.74) is 35.8. The number of para-hydroxylation sites is 4. The largest absolute Gasteiger partial charge is 0.309 e. The van der Waals surface area contributed by atoms with E-state index in [2.05, 4.69) is 410 Å². The Morgan fingerprint density at radius 2 is 0.481 bits per heavy atom. The third-order valence-electron chi connectivity index (χ3n) is 22.8. The van der Waals surface area contributed by atoms with Crippen LogP contribution in [0.3, 0.4) is 0 Å². The lowest BCUT2D eigenvalue weighted by Crippen LogP contribution is -2.28. The zero-order chi connectivity index (χ0) is 68.5. The predicted octanol–water partition coefficient (Wildman–Crippen LogP) is 25.9. The van der Waals surface area contributed by atoms with Gasteiger partial charge in [0.25, 0.3) is 0 Å². The molecule has 2 nitrogen and oxygen atoms in total. The van der Waals surface area contributed by atoms with Crippen LogP contribution < -0.4 is 0 Å². The molecule has 0 amide bonds. The molecule has 484 valence electrons. The summed E-state index contributed by atoms with van der Waals surface area (Å²) in [7, 11) is 0. The standard InChI is InChI=1S/C102H66N2/c1-5-21-77(22-6-1)101(78-23-7-2-8-24-78)93-61-69(39-37-67-41-47-71(48-42-67)73-53-59-99-89(63-73)87-31-15-19-35-97(87)103(99)79-25-9-3-10-26-79)45-55-83(93)85-57-51-75(65-95(85)101)76-52-58-86-84-56-46-70(62-94(84)102(96(86)66-76)91-33-17-13-29-81(91)82-30-14-18-34-92(82)102)40-38-68-43-49-72(50-44-68)74-54-60-100-90(64-74)88-32-16-20-36-98(88)104(100)80-27-11-4-12-28-80/h1-66H. The second-order valence-corrected chi connectivity index (χ2v) is 28.2. The average molecular weight is 1320 g/mol. The first-order valence-corrected chi connectivity index (χ1v) is 36.2. The first kappa shape index (κ1) is 59.5. The molecule has 0 fully saturated rings. The number of hydrogen-bond donors (Lipinski definition) is 0. The first-order chi connectivity index (χ1) is 51.5. The van der Waals surface area contributed by atoms with Gasteiger partial charge in [0.1, 0.15) is 0 Å². The van der Waals surface area contributed by atoms with Gasteiger partial charge in [-0.05, 0) is 218 Å². The van der Waals surface area contributed by atoms with Crippen LogP contribution in [0.2, 0.25) is 0 Å². The van der Waals surface area contributed by atoms with Crippen molar-refractivity contribution in [2.75, 3.05) is 0 Å². The van der Waals surface area contributed by atoms with Gasteiger partial charge in [0, 0.05) is 32.9 Å². The van der Waals surface area contributed by atoms with Gasteiger partial charge in [0.15, 0.2) is 0 Å². The monoisotopic (exact) mass is 1320 g/mol. The summed E-state index contributed by atoms with van der Waals surface area (Å²) in [6.07, 6.45) is 9.13. The molecular formula is C102H66N2. The molecule has 1 spiro atoms. The van der Waals surface area contributed by atoms with Crippen LogP contribution in [0.4, 0.5) is 0 Å². The highest BCUT2D eigenvalue weighted by molar-refractivity contribution is 6.12. The maximum atomic E-state index is 2.54. The molecule has 0 atom stereocenters. The van der Waals surface area contributed by atoms with Gasteiger partial charge in [-0.3, -0.25) is 0 Å². The van der Waals surface area contributed by atoms with E-state index in [4.69, 9.17) is 0 Å². The summed E-state index contributed by atoms with van der Waals surface area (Å²) in [5.74, 6) is 0. The quantitative estimate of drug-likeness (QED) is 0.114. The minimum absolute atomic E-state index is 0.550. The Balaban J connectivity index is 0.626. The van der Waals surface area contributed by atoms with Crippen LogP contribution in [0.25, 0.3) is 146 Å². The van der Waals surface area contributed by atoms with Crippen molar-refractivity contribution < 1.29 is 0 Å². The molecule has 2 heteroatoms. The SMILES string of the molecule is C(=Cc1ccc2c(c1)C(c1ccccc1)(c1ccccc1)c1cc(-c3ccc4c(c3)C3(c5ccccc5-c5ccccc53)c3cc(C=Cc5ccc(-c6ccc7c(c6)c6ccccc6n7-c6ccccc6)cc5)ccc3-4)ccc1-2)c1ccc(-c2ccc3c(c2)c2ccccc2n3-c2ccccc2)cc1. The van der Waals surface area contributed by atoms with Gasteiger partial charge in [-0.15, -0.1) is 0 Å². The fourth-order valence-electron chi connectivity index (χ4n) is 18.2. The van der Waals surface area contributed by atoms with Crippen LogP contribution in [0.5, 0.6) is 0 Å². The van der Waals surface area contributed by atoms with Gasteiger partial charge in [0.2, 0.25) is 0 Å². The van der Waals surface area contributed by atoms with E-state index in [0.29, 0.717) is 0 Å². The number of aromatic nitrogens is 2. The smallest absolute Gasteiger partial charge is 0.0725 e. The molecule has 0 aliphatic heterocycles. The minimum Gasteiger partial charge on any atom is -0.309 e. The van der Waals surface area contributed by atoms with E-state index >= 15 is 0 Å². The molecule has 0 unspecified atom stereocenters. The Morgan fingerprint density at radius 3 is 0.933 bits per heavy atom. The van der Waals surface area contributed by atoms with E-state index in [1.807, 2.05) is 0 Å². The second kappa shape index (κ2) is 23.6. The van der Waals surface area contributed by atoms with Crippen LogP contribution in [-0.2, 0) is 10.8 Å². The molecule has 3 aliphatic carbocycles. The zero-order valence-corrected chi connectivity index (χ0v) is 57.0. The molecule has 21 rings (SSSR count). The van der Waals surface area contributed by atoms with Crippen molar-refractivity contribution in [2.45, 2.75) is 10.8 Å². The van der Waals surface area contributed by atoms with Crippen molar-refractivity contribution in [3.8, 4) is 78.1 Å². The first-order valence-electron chi connectivity index (χ1n) is 36.2. The van der Waals surface area contributed by atoms with Gasteiger partial charge in [-0.2, -0.15) is 0 Å². The van der Waals surface area contributed by atoms with Crippen molar-refractivity contribution in [1.82, 2.24) is 9.13 Å². The van der Waals surface area contributed by atoms with Crippen molar-refractivity contribution in [3.05, 3.63) is 443 Å². The third kappa shape index (κ3) is 9.02. The lowest BCUT2D eigenvalue weighted by molar-refractivity contribution is 0.768. The number of rotatable bonds is 11. The van der Waals surface area contributed by atoms with E-state index in [1.165, 1.54) is 172 Å². The van der Waals surface area contributed by atoms with Crippen LogP contribution >= 0.6 is 0 Å². The van der Waals surface area contributed by atoms with E-state index in [1.54, 1.807) is 0 Å². The van der Waals surface area contributed by atoms with Crippen LogP contribution in [-0.4, -0.2) is 9.13 Å². The average Bonchev–Trinajstić information content (AvgIpc) is 1.51. The molecule has 104 heavy (non-hydrogen) atoms. The Kier molecular flexibility index (Phi) is 13.5. The maximum absolute atomic E-state index is 2.54. The molecule has 18 aromatic rings. The summed E-state index contributed by atoms with van der Waals surface area (Å²) in [5, 5.41) is 5.01. The highest BCUT2D eigenvalue weighted by Gasteiger charge is 2.52. The molecular weight excluding hydrogens is 1250 g/mol. The Morgan fingerprint density at radius 1 is 0.183 bits per heavy atom. The normalized spacial score (nSPS) is 13.5. The summed E-state index contributed by atoms with van der Waals surface area (Å²) in [6.45, 7) is 0. The van der Waals surface area contributed by atoms with Crippen LogP contribution in [0.1, 0.15) is 66.8 Å². The van der Waals surface area contributed by atoms with Gasteiger partial charge >= 0.3 is 0 Å². The Labute approximate surface area is 605 Å². The molecule has 0 N–H and O–H groups in total. The van der Waals surface area contributed by atoms with Crippen LogP contribution in [0, 0.1) is 0 Å². The van der Waals surface area contributed by atoms with Gasteiger partial charge in [0.05, 0.1) is 32.9 Å². The van der Waals surface area contributed by atoms with Crippen LogP contribution in [0.15, 0.2) is 376 Å². The molecule has 16 aromatic carbocycles. The highest BCUT2D eigenvalue weighted by Crippen LogP contribution is 2.64. The van der Waals surface area contributed by atoms with Gasteiger partial charge < -0.3 is 9.13 Å². The number of benzene rings is 16. The topological polar surface area (TPSA) is 9.86 Å². The van der Waals surface area contributed by atoms with Crippen molar-refractivity contribution in [2.24, 2.45) is 0 Å². The van der Waals surface area contributed by atoms with E-state index in [9.17, 15) is 0 Å². The molecule has 2 aromatic heterocycles. The Hall–Kier alpha value is -13.4. The van der Waals surface area contributed by atoms with Crippen molar-refractivity contribution >= 4 is 67.9 Å². The molecule has 0 saturated carbocycles. The second-order valence-electron chi connectivity index (χ2n) is 28.2. The summed E-state index contributed by atoms with van der Waals surface area (Å²) in [4.78, 5) is 0. The predicted molar refractivity (Wildman–Crippen MR) is 436 cm³/mol. The fraction of sp³-hybridized carbons (Fsp3) is 0.0196.